The molecule has 2 aromatic rings. The van der Waals surface area contributed by atoms with Gasteiger partial charge in [0, 0.05) is 24.1 Å². The second kappa shape index (κ2) is 6.37. The summed E-state index contributed by atoms with van der Waals surface area (Å²) in [6, 6.07) is 7.48. The summed E-state index contributed by atoms with van der Waals surface area (Å²) in [4.78, 5) is 24.0. The van der Waals surface area contributed by atoms with Gasteiger partial charge in [-0.2, -0.15) is 5.10 Å². The fourth-order valence-electron chi connectivity index (χ4n) is 4.19. The van der Waals surface area contributed by atoms with E-state index in [0.29, 0.717) is 24.7 Å². The highest BCUT2D eigenvalue weighted by Gasteiger charge is 2.55. The molecule has 1 saturated heterocycles. The van der Waals surface area contributed by atoms with Gasteiger partial charge in [-0.25, -0.2) is 9.59 Å². The molecule has 1 aliphatic heterocycles. The largest absolute Gasteiger partial charge is 0.465 e. The number of aromatic nitrogens is 2. The predicted molar refractivity (Wildman–Crippen MR) is 102 cm³/mol. The van der Waals surface area contributed by atoms with E-state index in [4.69, 9.17) is 14.9 Å². The molecule has 2 fully saturated rings. The average Bonchev–Trinajstić information content (AvgIpc) is 2.87. The van der Waals surface area contributed by atoms with E-state index in [0.717, 1.165) is 34.3 Å². The Labute approximate surface area is 165 Å². The molecule has 2 aliphatic rings. The molecule has 7 nitrogen and oxygen atoms in total. The Balaban J connectivity index is 1.51. The Morgan fingerprint density at radius 1 is 1.26 bits per heavy atom. The molecule has 1 aromatic heterocycles. The van der Waals surface area contributed by atoms with E-state index in [1.54, 1.807) is 12.1 Å². The minimum absolute atomic E-state index is 0.135. The Bertz CT molecular complexity index is 908. The van der Waals surface area contributed by atoms with Crippen LogP contribution in [0.2, 0.25) is 0 Å². The van der Waals surface area contributed by atoms with Crippen LogP contribution in [0.1, 0.15) is 34.9 Å². The van der Waals surface area contributed by atoms with Crippen molar-refractivity contribution in [3.05, 3.63) is 40.0 Å². The summed E-state index contributed by atoms with van der Waals surface area (Å²) in [6.07, 6.45) is 1.07. The molecule has 0 bridgehead atoms. The second-order valence-corrected chi connectivity index (χ2v) is 8.26. The van der Waals surface area contributed by atoms with Crippen molar-refractivity contribution in [2.45, 2.75) is 25.8 Å². The molecule has 27 heavy (non-hydrogen) atoms. The van der Waals surface area contributed by atoms with Crippen LogP contribution >= 0.6 is 15.9 Å². The van der Waals surface area contributed by atoms with Crippen LogP contribution in [-0.4, -0.2) is 52.0 Å². The summed E-state index contributed by atoms with van der Waals surface area (Å²) < 4.78 is 7.72. The minimum Gasteiger partial charge on any atom is -0.465 e. The zero-order valence-electron chi connectivity index (χ0n) is 15.1. The van der Waals surface area contributed by atoms with Crippen molar-refractivity contribution in [3.63, 3.8) is 0 Å². The van der Waals surface area contributed by atoms with E-state index in [1.165, 1.54) is 12.0 Å². The van der Waals surface area contributed by atoms with Gasteiger partial charge in [-0.05, 0) is 47.8 Å². The normalized spacial score (nSPS) is 18.1. The van der Waals surface area contributed by atoms with Gasteiger partial charge in [-0.15, -0.1) is 0 Å². The Morgan fingerprint density at radius 2 is 1.89 bits per heavy atom. The molecule has 1 aromatic carbocycles. The molecule has 1 amide bonds. The molecule has 1 aliphatic carbocycles. The molecular formula is C19H20BrN3O4. The summed E-state index contributed by atoms with van der Waals surface area (Å²) >= 11 is 3.65. The first-order valence-electron chi connectivity index (χ1n) is 8.75. The first-order valence-corrected chi connectivity index (χ1v) is 9.54. The van der Waals surface area contributed by atoms with E-state index in [2.05, 4.69) is 15.9 Å². The number of rotatable bonds is 3. The van der Waals surface area contributed by atoms with Gasteiger partial charge in [0.2, 0.25) is 0 Å². The fourth-order valence-corrected chi connectivity index (χ4v) is 4.68. The van der Waals surface area contributed by atoms with Gasteiger partial charge in [0.25, 0.3) is 0 Å². The number of nitrogens with zero attached hydrogens (tertiary/aromatic N) is 3. The molecule has 0 unspecified atom stereocenters. The van der Waals surface area contributed by atoms with Crippen LogP contribution in [-0.2, 0) is 4.74 Å². The van der Waals surface area contributed by atoms with Crippen LogP contribution in [0, 0.1) is 12.3 Å². The molecule has 1 N–H and O–H groups in total. The minimum atomic E-state index is -0.834. The van der Waals surface area contributed by atoms with Crippen LogP contribution in [0.15, 0.2) is 28.7 Å². The number of amides is 1. The van der Waals surface area contributed by atoms with E-state index in [9.17, 15) is 9.59 Å². The summed E-state index contributed by atoms with van der Waals surface area (Å²) in [7, 11) is 1.36. The van der Waals surface area contributed by atoms with E-state index in [-0.39, 0.29) is 11.4 Å². The standard InChI is InChI=1S/C19H20BrN3O4/c1-11-15(20)16(12-3-5-13(6-4-12)17(24)27-2)21-23(11)14-7-19(8-14)9-22(10-19)18(25)26/h3-6,14H,7-10H2,1-2H3,(H,25,26). The van der Waals surface area contributed by atoms with E-state index in [1.807, 2.05) is 23.7 Å². The maximum Gasteiger partial charge on any atom is 0.407 e. The molecule has 142 valence electrons. The van der Waals surface area contributed by atoms with Gasteiger partial charge in [0.15, 0.2) is 0 Å². The third kappa shape index (κ3) is 2.92. The quantitative estimate of drug-likeness (QED) is 0.745. The van der Waals surface area contributed by atoms with Crippen molar-refractivity contribution in [1.29, 1.82) is 0 Å². The first-order chi connectivity index (χ1) is 12.8. The van der Waals surface area contributed by atoms with Crippen LogP contribution < -0.4 is 0 Å². The Kier molecular flexibility index (Phi) is 4.25. The van der Waals surface area contributed by atoms with Crippen LogP contribution in [0.5, 0.6) is 0 Å². The van der Waals surface area contributed by atoms with Crippen LogP contribution in [0.25, 0.3) is 11.3 Å². The van der Waals surface area contributed by atoms with Crippen molar-refractivity contribution in [3.8, 4) is 11.3 Å². The van der Waals surface area contributed by atoms with Crippen molar-refractivity contribution in [2.75, 3.05) is 20.2 Å². The van der Waals surface area contributed by atoms with Gasteiger partial charge in [-0.3, -0.25) is 4.68 Å². The number of likely N-dealkylation sites (tertiary alicyclic amines) is 1. The molecule has 1 saturated carbocycles. The van der Waals surface area contributed by atoms with Crippen molar-refractivity contribution < 1.29 is 19.4 Å². The smallest absolute Gasteiger partial charge is 0.407 e. The lowest BCUT2D eigenvalue weighted by atomic mass is 9.61. The van der Waals surface area contributed by atoms with Crippen molar-refractivity contribution in [2.24, 2.45) is 5.41 Å². The highest BCUT2D eigenvalue weighted by molar-refractivity contribution is 9.10. The van der Waals surface area contributed by atoms with Gasteiger partial charge in [-0.1, -0.05) is 12.1 Å². The van der Waals surface area contributed by atoms with E-state index >= 15 is 0 Å². The Hall–Kier alpha value is -2.35. The number of esters is 1. The molecule has 0 radical (unpaired) electrons. The Morgan fingerprint density at radius 3 is 2.44 bits per heavy atom. The lowest BCUT2D eigenvalue weighted by molar-refractivity contribution is -0.0775. The molecule has 4 rings (SSSR count). The number of carbonyl (C=O) groups excluding carboxylic acids is 1. The zero-order chi connectivity index (χ0) is 19.3. The number of ether oxygens (including phenoxy) is 1. The lowest BCUT2D eigenvalue weighted by Gasteiger charge is -2.58. The van der Waals surface area contributed by atoms with Crippen molar-refractivity contribution >= 4 is 28.0 Å². The SMILES string of the molecule is COC(=O)c1ccc(-c2nn(C3CC4(C3)CN(C(=O)O)C4)c(C)c2Br)cc1. The van der Waals surface area contributed by atoms with Crippen molar-refractivity contribution in [1.82, 2.24) is 14.7 Å². The monoisotopic (exact) mass is 433 g/mol. The number of carbonyl (C=O) groups is 2. The van der Waals surface area contributed by atoms with Crippen LogP contribution in [0.4, 0.5) is 4.79 Å². The number of halogens is 1. The number of carboxylic acid groups (broad SMARTS) is 1. The summed E-state index contributed by atoms with van der Waals surface area (Å²) in [6.45, 7) is 3.28. The molecule has 1 spiro atoms. The fraction of sp³-hybridized carbons (Fsp3) is 0.421. The summed E-state index contributed by atoms with van der Waals surface area (Å²) in [5.74, 6) is -0.363. The second-order valence-electron chi connectivity index (χ2n) is 7.46. The zero-order valence-corrected chi connectivity index (χ0v) is 16.7. The van der Waals surface area contributed by atoms with E-state index < -0.39 is 6.09 Å². The van der Waals surface area contributed by atoms with Crippen LogP contribution in [0.3, 0.4) is 0 Å². The lowest BCUT2D eigenvalue weighted by Crippen LogP contribution is -2.63. The van der Waals surface area contributed by atoms with Gasteiger partial charge < -0.3 is 14.7 Å². The number of hydrogen-bond donors (Lipinski definition) is 1. The molecule has 0 atom stereocenters. The molecule has 2 heterocycles. The third-order valence-corrected chi connectivity index (χ3v) is 6.61. The summed E-state index contributed by atoms with van der Waals surface area (Å²) in [5, 5.41) is 13.8. The number of methoxy groups -OCH3 is 1. The van der Waals surface area contributed by atoms with Gasteiger partial charge in [0.1, 0.15) is 5.69 Å². The number of hydrogen-bond acceptors (Lipinski definition) is 4. The predicted octanol–water partition coefficient (Wildman–Crippen LogP) is 3.72. The van der Waals surface area contributed by atoms with Gasteiger partial charge >= 0.3 is 12.1 Å². The first kappa shape index (κ1) is 18.0. The topological polar surface area (TPSA) is 84.7 Å². The number of benzene rings is 1. The third-order valence-electron chi connectivity index (χ3n) is 5.66. The highest BCUT2D eigenvalue weighted by atomic mass is 79.9. The maximum absolute atomic E-state index is 11.6. The summed E-state index contributed by atoms with van der Waals surface area (Å²) in [5.41, 5.74) is 3.45. The average molecular weight is 434 g/mol. The molecular weight excluding hydrogens is 414 g/mol. The van der Waals surface area contributed by atoms with Gasteiger partial charge in [0.05, 0.1) is 28.9 Å². The molecule has 8 heteroatoms. The maximum atomic E-state index is 11.6. The highest BCUT2D eigenvalue weighted by Crippen LogP contribution is 2.54.